The summed E-state index contributed by atoms with van der Waals surface area (Å²) < 4.78 is 0. The minimum absolute atomic E-state index is 0.0933. The minimum atomic E-state index is -0.151. The lowest BCUT2D eigenvalue weighted by atomic mass is 10.0. The van der Waals surface area contributed by atoms with E-state index in [0.29, 0.717) is 31.5 Å². The molecule has 1 aliphatic rings. The number of hydrogen-bond donors (Lipinski definition) is 5. The van der Waals surface area contributed by atoms with Crippen molar-refractivity contribution in [3.63, 3.8) is 0 Å². The van der Waals surface area contributed by atoms with Gasteiger partial charge in [-0.05, 0) is 44.7 Å². The van der Waals surface area contributed by atoms with E-state index >= 15 is 0 Å². The third kappa shape index (κ3) is 6.64. The fourth-order valence-electron chi connectivity index (χ4n) is 3.34. The smallest absolute Gasteiger partial charge is 0.315 e. The van der Waals surface area contributed by atoms with Crippen molar-refractivity contribution >= 4 is 28.4 Å². The van der Waals surface area contributed by atoms with Crippen LogP contribution in [0.3, 0.4) is 0 Å². The number of rotatable bonds is 11. The van der Waals surface area contributed by atoms with Crippen LogP contribution in [0.2, 0.25) is 0 Å². The summed E-state index contributed by atoms with van der Waals surface area (Å²) in [5.41, 5.74) is 3.40. The highest BCUT2D eigenvalue weighted by atomic mass is 32.1. The number of nitrogens with one attached hydrogen (secondary N) is 4. The molecule has 0 spiro atoms. The Morgan fingerprint density at radius 1 is 1.21 bits per heavy atom. The Kier molecular flexibility index (Phi) is 7.91. The zero-order valence-corrected chi connectivity index (χ0v) is 20.3. The third-order valence-electron chi connectivity index (χ3n) is 5.16. The van der Waals surface area contributed by atoms with E-state index in [1.807, 2.05) is 36.5 Å². The van der Waals surface area contributed by atoms with Crippen LogP contribution in [0.25, 0.3) is 21.8 Å². The molecule has 3 aromatic rings. The summed E-state index contributed by atoms with van der Waals surface area (Å²) in [4.78, 5) is 27.0. The second-order valence-electron chi connectivity index (χ2n) is 8.55. The van der Waals surface area contributed by atoms with Crippen molar-refractivity contribution < 1.29 is 9.90 Å². The molecule has 0 atom stereocenters. The highest BCUT2D eigenvalue weighted by Gasteiger charge is 2.23. The number of urea groups is 1. The van der Waals surface area contributed by atoms with E-state index in [0.717, 1.165) is 45.4 Å². The number of nitrogens with zero attached hydrogens (tertiary/aromatic N) is 3. The molecule has 2 amide bonds. The molecule has 1 fully saturated rings. The van der Waals surface area contributed by atoms with Gasteiger partial charge in [0.15, 0.2) is 5.13 Å². The maximum absolute atomic E-state index is 12.1. The summed E-state index contributed by atoms with van der Waals surface area (Å²) in [7, 11) is 0. The van der Waals surface area contributed by atoms with Crippen LogP contribution in [-0.4, -0.2) is 51.3 Å². The molecule has 180 valence electrons. The van der Waals surface area contributed by atoms with Crippen LogP contribution < -0.4 is 21.3 Å². The van der Waals surface area contributed by atoms with E-state index < -0.39 is 0 Å². The van der Waals surface area contributed by atoms with Gasteiger partial charge in [0.25, 0.3) is 0 Å². The first-order valence-corrected chi connectivity index (χ1v) is 12.4. The van der Waals surface area contributed by atoms with Crippen molar-refractivity contribution in [2.45, 2.75) is 51.7 Å². The summed E-state index contributed by atoms with van der Waals surface area (Å²) >= 11 is 1.54. The van der Waals surface area contributed by atoms with Crippen LogP contribution >= 0.6 is 11.3 Å². The largest absolute Gasteiger partial charge is 0.396 e. The van der Waals surface area contributed by atoms with Crippen LogP contribution in [0.15, 0.2) is 36.5 Å². The molecule has 9 nitrogen and oxygen atoms in total. The van der Waals surface area contributed by atoms with Gasteiger partial charge >= 0.3 is 6.03 Å². The van der Waals surface area contributed by atoms with Crippen LogP contribution in [-0.2, 0) is 6.54 Å². The first-order valence-electron chi connectivity index (χ1n) is 11.6. The number of anilines is 2. The van der Waals surface area contributed by atoms with Crippen molar-refractivity contribution in [2.75, 3.05) is 23.8 Å². The fourth-order valence-corrected chi connectivity index (χ4v) is 4.26. The van der Waals surface area contributed by atoms with Crippen molar-refractivity contribution in [3.8, 4) is 21.8 Å². The number of amides is 2. The molecular formula is C24H31N7O2S. The molecule has 1 aliphatic carbocycles. The normalized spacial score (nSPS) is 13.1. The molecular weight excluding hydrogens is 450 g/mol. The molecule has 1 saturated carbocycles. The van der Waals surface area contributed by atoms with Crippen LogP contribution in [0.1, 0.15) is 38.7 Å². The topological polar surface area (TPSA) is 124 Å². The Morgan fingerprint density at radius 3 is 2.76 bits per heavy atom. The Bertz CT molecular complexity index is 1110. The third-order valence-corrected chi connectivity index (χ3v) is 6.11. The number of thiazole rings is 1. The molecule has 0 unspecified atom stereocenters. The van der Waals surface area contributed by atoms with E-state index in [4.69, 9.17) is 15.1 Å². The molecule has 2 aromatic heterocycles. The molecule has 2 heterocycles. The predicted octanol–water partition coefficient (Wildman–Crippen LogP) is 3.84. The Balaban J connectivity index is 1.62. The summed E-state index contributed by atoms with van der Waals surface area (Å²) in [5, 5.41) is 22.4. The zero-order valence-electron chi connectivity index (χ0n) is 19.5. The van der Waals surface area contributed by atoms with Gasteiger partial charge in [0.05, 0.1) is 16.3 Å². The van der Waals surface area contributed by atoms with Gasteiger partial charge in [0.2, 0.25) is 5.95 Å². The van der Waals surface area contributed by atoms with Crippen LogP contribution in [0.5, 0.6) is 0 Å². The van der Waals surface area contributed by atoms with E-state index in [9.17, 15) is 4.79 Å². The second-order valence-corrected chi connectivity index (χ2v) is 9.58. The lowest BCUT2D eigenvalue weighted by Crippen LogP contribution is -2.36. The van der Waals surface area contributed by atoms with E-state index in [1.165, 1.54) is 11.3 Å². The molecule has 0 saturated heterocycles. The second kappa shape index (κ2) is 11.3. The van der Waals surface area contributed by atoms with Gasteiger partial charge in [0.1, 0.15) is 0 Å². The maximum Gasteiger partial charge on any atom is 0.315 e. The molecule has 1 aromatic carbocycles. The average molecular weight is 482 g/mol. The Labute approximate surface area is 203 Å². The van der Waals surface area contributed by atoms with Crippen molar-refractivity contribution in [3.05, 3.63) is 42.1 Å². The van der Waals surface area contributed by atoms with Gasteiger partial charge in [-0.15, -0.1) is 0 Å². The lowest BCUT2D eigenvalue weighted by molar-refractivity contribution is 0.240. The quantitative estimate of drug-likeness (QED) is 0.264. The molecule has 0 radical (unpaired) electrons. The Hall–Kier alpha value is -3.24. The maximum atomic E-state index is 12.1. The molecule has 34 heavy (non-hydrogen) atoms. The number of hydrogen-bond acceptors (Lipinski definition) is 8. The molecule has 0 bridgehead atoms. The lowest BCUT2D eigenvalue weighted by Gasteiger charge is -2.13. The number of carbonyl (C=O) groups excluding carboxylic acids is 1. The molecule has 4 rings (SSSR count). The Morgan fingerprint density at radius 2 is 2.00 bits per heavy atom. The molecule has 5 N–H and O–H groups in total. The van der Waals surface area contributed by atoms with Gasteiger partial charge in [0, 0.05) is 43.5 Å². The number of carbonyl (C=O) groups is 1. The van der Waals surface area contributed by atoms with E-state index in [-0.39, 0.29) is 18.7 Å². The van der Waals surface area contributed by atoms with Crippen molar-refractivity contribution in [1.82, 2.24) is 25.6 Å². The van der Waals surface area contributed by atoms with Gasteiger partial charge in [-0.3, -0.25) is 0 Å². The summed E-state index contributed by atoms with van der Waals surface area (Å²) in [5.74, 6) is 0.488. The number of aliphatic hydroxyl groups excluding tert-OH is 1. The first kappa shape index (κ1) is 23.9. The fraction of sp³-hybridized carbons (Fsp3) is 0.417. The predicted molar refractivity (Wildman–Crippen MR) is 136 cm³/mol. The van der Waals surface area contributed by atoms with Crippen molar-refractivity contribution in [1.29, 1.82) is 0 Å². The summed E-state index contributed by atoms with van der Waals surface area (Å²) in [6.45, 7) is 5.19. The van der Waals surface area contributed by atoms with E-state index in [1.54, 1.807) is 0 Å². The molecule has 0 aliphatic heterocycles. The minimum Gasteiger partial charge on any atom is -0.396 e. The number of aromatic nitrogens is 3. The SMILES string of the molecule is CC(C)Nc1ncc(-c2cc(-c3ccccc3CNC(=O)NC3CC3)nc(NCCCO)n2)s1. The first-order chi connectivity index (χ1) is 16.5. The van der Waals surface area contributed by atoms with Crippen LogP contribution in [0, 0.1) is 0 Å². The highest BCUT2D eigenvalue weighted by Crippen LogP contribution is 2.32. The van der Waals surface area contributed by atoms with Crippen molar-refractivity contribution in [2.24, 2.45) is 0 Å². The average Bonchev–Trinajstić information content (AvgIpc) is 3.52. The summed E-state index contributed by atoms with van der Waals surface area (Å²) in [6.07, 6.45) is 4.51. The van der Waals surface area contributed by atoms with Gasteiger partial charge in [-0.2, -0.15) is 0 Å². The highest BCUT2D eigenvalue weighted by molar-refractivity contribution is 7.18. The van der Waals surface area contributed by atoms with Gasteiger partial charge < -0.3 is 26.4 Å². The number of benzene rings is 1. The summed E-state index contributed by atoms with van der Waals surface area (Å²) in [6, 6.07) is 10.3. The van der Waals surface area contributed by atoms with E-state index in [2.05, 4.69) is 40.1 Å². The van der Waals surface area contributed by atoms with Crippen LogP contribution in [0.4, 0.5) is 15.9 Å². The monoisotopic (exact) mass is 481 g/mol. The number of aliphatic hydroxyl groups is 1. The zero-order chi connectivity index (χ0) is 23.9. The molecule has 10 heteroatoms. The van der Waals surface area contributed by atoms with Gasteiger partial charge in [-0.25, -0.2) is 19.7 Å². The van der Waals surface area contributed by atoms with Gasteiger partial charge in [-0.1, -0.05) is 35.6 Å². The standard InChI is InChI=1S/C24H31N7O2S/c1-15(2)28-24-27-14-21(34-24)20-12-19(30-22(31-20)25-10-5-11-32)18-7-4-3-6-16(18)13-26-23(33)29-17-8-9-17/h3-4,6-7,12,14-15,17,32H,5,8-11,13H2,1-2H3,(H,27,28)(H,25,30,31)(H2,26,29,33).